The summed E-state index contributed by atoms with van der Waals surface area (Å²) in [6.45, 7) is 5.79. The summed E-state index contributed by atoms with van der Waals surface area (Å²) in [6.07, 6.45) is 3.27. The number of amides is 1. The molecule has 0 atom stereocenters. The Bertz CT molecular complexity index is 161. The molecule has 0 saturated heterocycles. The van der Waals surface area contributed by atoms with Crippen molar-refractivity contribution in [1.82, 2.24) is 5.32 Å². The van der Waals surface area contributed by atoms with Crippen LogP contribution in [0.4, 0.5) is 0 Å². The van der Waals surface area contributed by atoms with Gasteiger partial charge in [-0.05, 0) is 6.92 Å². The van der Waals surface area contributed by atoms with Gasteiger partial charge in [0.25, 0.3) is 0 Å². The number of primary amides is 1. The highest BCUT2D eigenvalue weighted by Gasteiger charge is 1.93. The Labute approximate surface area is 60.6 Å². The Kier molecular flexibility index (Phi) is 4.04. The number of carbonyl (C=O) groups excluding carboxylic acids is 1. The highest BCUT2D eigenvalue weighted by Crippen LogP contribution is 1.85. The van der Waals surface area contributed by atoms with Gasteiger partial charge >= 0.3 is 0 Å². The van der Waals surface area contributed by atoms with E-state index in [0.29, 0.717) is 12.1 Å². The first-order valence-corrected chi connectivity index (χ1v) is 2.99. The van der Waals surface area contributed by atoms with Gasteiger partial charge in [0.05, 0.1) is 0 Å². The SMILES string of the molecule is C=CCNC=C(C)C(N)=O. The molecule has 0 unspecified atom stereocenters. The Morgan fingerprint density at radius 3 is 2.80 bits per heavy atom. The fraction of sp³-hybridized carbons (Fsp3) is 0.286. The number of hydrogen-bond acceptors (Lipinski definition) is 2. The minimum Gasteiger partial charge on any atom is -0.387 e. The zero-order chi connectivity index (χ0) is 7.98. The van der Waals surface area contributed by atoms with Gasteiger partial charge in [-0.3, -0.25) is 4.79 Å². The lowest BCUT2D eigenvalue weighted by atomic mass is 10.3. The van der Waals surface area contributed by atoms with Crippen LogP contribution in [0, 0.1) is 0 Å². The van der Waals surface area contributed by atoms with Crippen LogP contribution in [0.3, 0.4) is 0 Å². The quantitative estimate of drug-likeness (QED) is 0.332. The molecule has 56 valence electrons. The summed E-state index contributed by atoms with van der Waals surface area (Å²) < 4.78 is 0. The van der Waals surface area contributed by atoms with Crippen molar-refractivity contribution in [3.8, 4) is 0 Å². The lowest BCUT2D eigenvalue weighted by Gasteiger charge is -1.95. The molecule has 0 radical (unpaired) electrons. The zero-order valence-corrected chi connectivity index (χ0v) is 6.05. The van der Waals surface area contributed by atoms with Crippen molar-refractivity contribution in [2.75, 3.05) is 6.54 Å². The van der Waals surface area contributed by atoms with Crippen molar-refractivity contribution >= 4 is 5.91 Å². The third-order valence-electron chi connectivity index (χ3n) is 0.969. The van der Waals surface area contributed by atoms with E-state index in [0.717, 1.165) is 0 Å². The Balaban J connectivity index is 3.68. The first kappa shape index (κ1) is 8.75. The molecule has 0 aliphatic heterocycles. The van der Waals surface area contributed by atoms with Crippen LogP contribution in [-0.4, -0.2) is 12.5 Å². The van der Waals surface area contributed by atoms with Crippen LogP contribution in [0.5, 0.6) is 0 Å². The third kappa shape index (κ3) is 3.72. The zero-order valence-electron chi connectivity index (χ0n) is 6.05. The highest BCUT2D eigenvalue weighted by atomic mass is 16.1. The molecule has 0 aromatic heterocycles. The summed E-state index contributed by atoms with van der Waals surface area (Å²) in [5.74, 6) is -0.406. The standard InChI is InChI=1S/C7H12N2O/c1-3-4-9-5-6(2)7(8)10/h3,5,9H,1,4H2,2H3,(H2,8,10). The van der Waals surface area contributed by atoms with Crippen LogP contribution in [-0.2, 0) is 4.79 Å². The highest BCUT2D eigenvalue weighted by molar-refractivity contribution is 5.91. The maximum absolute atomic E-state index is 10.4. The predicted molar refractivity (Wildman–Crippen MR) is 41.2 cm³/mol. The van der Waals surface area contributed by atoms with Crippen molar-refractivity contribution in [2.45, 2.75) is 6.92 Å². The molecule has 10 heavy (non-hydrogen) atoms. The van der Waals surface area contributed by atoms with Gasteiger partial charge in [-0.1, -0.05) is 6.08 Å². The lowest BCUT2D eigenvalue weighted by molar-refractivity contribution is -0.114. The summed E-state index contributed by atoms with van der Waals surface area (Å²) in [4.78, 5) is 10.4. The molecule has 3 nitrogen and oxygen atoms in total. The van der Waals surface area contributed by atoms with E-state index < -0.39 is 5.91 Å². The second-order valence-electron chi connectivity index (χ2n) is 1.89. The van der Waals surface area contributed by atoms with E-state index in [1.165, 1.54) is 0 Å². The molecule has 0 saturated carbocycles. The van der Waals surface area contributed by atoms with Crippen LogP contribution in [0.1, 0.15) is 6.92 Å². The largest absolute Gasteiger partial charge is 0.387 e. The van der Waals surface area contributed by atoms with Gasteiger partial charge in [0.1, 0.15) is 0 Å². The number of rotatable bonds is 4. The van der Waals surface area contributed by atoms with Gasteiger partial charge in [0.2, 0.25) is 5.91 Å². The number of nitrogens with one attached hydrogen (secondary N) is 1. The fourth-order valence-electron chi connectivity index (χ4n) is 0.366. The molecule has 0 aliphatic rings. The van der Waals surface area contributed by atoms with Crippen LogP contribution >= 0.6 is 0 Å². The van der Waals surface area contributed by atoms with Crippen LogP contribution < -0.4 is 11.1 Å². The normalized spacial score (nSPS) is 10.7. The average molecular weight is 140 g/mol. The van der Waals surface area contributed by atoms with Gasteiger partial charge in [0, 0.05) is 18.3 Å². The van der Waals surface area contributed by atoms with Crippen molar-refractivity contribution < 1.29 is 4.79 Å². The molecule has 1 amide bonds. The van der Waals surface area contributed by atoms with Gasteiger partial charge in [0.15, 0.2) is 0 Å². The van der Waals surface area contributed by atoms with Gasteiger partial charge < -0.3 is 11.1 Å². The third-order valence-corrected chi connectivity index (χ3v) is 0.969. The van der Waals surface area contributed by atoms with E-state index in [-0.39, 0.29) is 0 Å². The molecule has 0 heterocycles. The molecule has 0 aromatic carbocycles. The van der Waals surface area contributed by atoms with Crippen LogP contribution in [0.2, 0.25) is 0 Å². The first-order chi connectivity index (χ1) is 4.68. The monoisotopic (exact) mass is 140 g/mol. The minimum absolute atomic E-state index is 0.406. The van der Waals surface area contributed by atoms with Crippen molar-refractivity contribution in [2.24, 2.45) is 5.73 Å². The number of hydrogen-bond donors (Lipinski definition) is 2. The average Bonchev–Trinajstić information content (AvgIpc) is 1.88. The second-order valence-corrected chi connectivity index (χ2v) is 1.89. The molecule has 0 fully saturated rings. The topological polar surface area (TPSA) is 55.1 Å². The Morgan fingerprint density at radius 2 is 2.40 bits per heavy atom. The van der Waals surface area contributed by atoms with Crippen LogP contribution in [0.15, 0.2) is 24.4 Å². The van der Waals surface area contributed by atoms with Gasteiger partial charge in [-0.25, -0.2) is 0 Å². The maximum Gasteiger partial charge on any atom is 0.245 e. The van der Waals surface area contributed by atoms with E-state index in [1.54, 1.807) is 19.2 Å². The first-order valence-electron chi connectivity index (χ1n) is 2.99. The summed E-state index contributed by atoms with van der Waals surface area (Å²) >= 11 is 0. The van der Waals surface area contributed by atoms with E-state index in [9.17, 15) is 4.79 Å². The lowest BCUT2D eigenvalue weighted by Crippen LogP contribution is -2.15. The molecular weight excluding hydrogens is 128 g/mol. The van der Waals surface area contributed by atoms with Crippen molar-refractivity contribution in [1.29, 1.82) is 0 Å². The van der Waals surface area contributed by atoms with Crippen molar-refractivity contribution in [3.63, 3.8) is 0 Å². The molecule has 0 spiro atoms. The minimum atomic E-state index is -0.406. The number of carbonyl (C=O) groups is 1. The molecule has 0 rings (SSSR count). The summed E-state index contributed by atoms with van der Waals surface area (Å²) in [6, 6.07) is 0. The smallest absolute Gasteiger partial charge is 0.245 e. The Hall–Kier alpha value is -1.25. The maximum atomic E-state index is 10.4. The molecule has 0 bridgehead atoms. The molecule has 3 N–H and O–H groups in total. The second kappa shape index (κ2) is 4.61. The summed E-state index contributed by atoms with van der Waals surface area (Å²) in [7, 11) is 0. The molecule has 0 aliphatic carbocycles. The summed E-state index contributed by atoms with van der Waals surface area (Å²) in [5.41, 5.74) is 5.46. The van der Waals surface area contributed by atoms with E-state index in [1.807, 2.05) is 0 Å². The summed E-state index contributed by atoms with van der Waals surface area (Å²) in [5, 5.41) is 2.84. The van der Waals surface area contributed by atoms with E-state index >= 15 is 0 Å². The Morgan fingerprint density at radius 1 is 1.80 bits per heavy atom. The molecule has 3 heteroatoms. The predicted octanol–water partition coefficient (Wildman–Crippen LogP) is 0.151. The molecule has 0 aromatic rings. The van der Waals surface area contributed by atoms with Gasteiger partial charge in [-0.15, -0.1) is 6.58 Å². The van der Waals surface area contributed by atoms with Crippen LogP contribution in [0.25, 0.3) is 0 Å². The van der Waals surface area contributed by atoms with Gasteiger partial charge in [-0.2, -0.15) is 0 Å². The van der Waals surface area contributed by atoms with E-state index in [4.69, 9.17) is 5.73 Å². The van der Waals surface area contributed by atoms with Crippen molar-refractivity contribution in [3.05, 3.63) is 24.4 Å². The van der Waals surface area contributed by atoms with E-state index in [2.05, 4.69) is 11.9 Å². The fourth-order valence-corrected chi connectivity index (χ4v) is 0.366. The number of nitrogens with two attached hydrogens (primary N) is 1. The molecular formula is C7H12N2O.